The van der Waals surface area contributed by atoms with Gasteiger partial charge in [-0.2, -0.15) is 0 Å². The molecule has 0 radical (unpaired) electrons. The van der Waals surface area contributed by atoms with Gasteiger partial charge in [0.2, 0.25) is 0 Å². The van der Waals surface area contributed by atoms with Crippen LogP contribution in [0.1, 0.15) is 25.7 Å². The zero-order chi connectivity index (χ0) is 8.39. The summed E-state index contributed by atoms with van der Waals surface area (Å²) in [5.41, 5.74) is 0. The molecule has 12 heavy (non-hydrogen) atoms. The Bertz CT molecular complexity index is 241. The summed E-state index contributed by atoms with van der Waals surface area (Å²) in [6, 6.07) is 0. The zero-order valence-electron chi connectivity index (χ0n) is 6.66. The molecule has 0 aromatic carbocycles. The highest BCUT2D eigenvalue weighted by molar-refractivity contribution is 7.33. The van der Waals surface area contributed by atoms with Gasteiger partial charge in [0.15, 0.2) is 11.5 Å². The molecular formula is C8H10O3P+. The molecule has 2 aliphatic rings. The maximum absolute atomic E-state index is 11.1. The Morgan fingerprint density at radius 1 is 1.08 bits per heavy atom. The summed E-state index contributed by atoms with van der Waals surface area (Å²) in [5, 5.41) is 0. The van der Waals surface area contributed by atoms with Crippen LogP contribution in [-0.4, -0.2) is 0 Å². The fourth-order valence-electron chi connectivity index (χ4n) is 0.900. The Balaban J connectivity index is 1.76. The predicted octanol–water partition coefficient (Wildman–Crippen LogP) is 3.03. The van der Waals surface area contributed by atoms with E-state index in [4.69, 9.17) is 9.05 Å². The van der Waals surface area contributed by atoms with Crippen LogP contribution in [0.5, 0.6) is 0 Å². The maximum atomic E-state index is 11.1. The van der Waals surface area contributed by atoms with E-state index in [-0.39, 0.29) is 0 Å². The van der Waals surface area contributed by atoms with Gasteiger partial charge in [0.05, 0.1) is 0 Å². The highest BCUT2D eigenvalue weighted by Crippen LogP contribution is 2.38. The molecule has 0 amide bonds. The van der Waals surface area contributed by atoms with Gasteiger partial charge in [0.25, 0.3) is 0 Å². The van der Waals surface area contributed by atoms with E-state index in [1.54, 1.807) is 0 Å². The van der Waals surface area contributed by atoms with Gasteiger partial charge in [0, 0.05) is 17.4 Å². The lowest BCUT2D eigenvalue weighted by Crippen LogP contribution is -1.98. The Kier molecular flexibility index (Phi) is 2.13. The van der Waals surface area contributed by atoms with Crippen molar-refractivity contribution in [3.05, 3.63) is 23.7 Å². The van der Waals surface area contributed by atoms with Crippen LogP contribution in [0.15, 0.2) is 23.7 Å². The first kappa shape index (κ1) is 7.81. The van der Waals surface area contributed by atoms with Crippen molar-refractivity contribution < 1.29 is 13.6 Å². The zero-order valence-corrected chi connectivity index (χ0v) is 7.55. The van der Waals surface area contributed by atoms with Gasteiger partial charge in [0.1, 0.15) is 0 Å². The van der Waals surface area contributed by atoms with Crippen LogP contribution < -0.4 is 0 Å². The van der Waals surface area contributed by atoms with E-state index in [2.05, 4.69) is 0 Å². The van der Waals surface area contributed by atoms with Crippen molar-refractivity contribution in [2.24, 2.45) is 0 Å². The number of rotatable bonds is 4. The number of hydrogen-bond donors (Lipinski definition) is 0. The van der Waals surface area contributed by atoms with Crippen LogP contribution in [0.2, 0.25) is 0 Å². The molecule has 0 aromatic heterocycles. The molecule has 3 nitrogen and oxygen atoms in total. The van der Waals surface area contributed by atoms with Crippen molar-refractivity contribution in [3.63, 3.8) is 0 Å². The normalized spacial score (nSPS) is 19.7. The molecule has 2 rings (SSSR count). The lowest BCUT2D eigenvalue weighted by molar-refractivity contribution is 0.285. The largest absolute Gasteiger partial charge is 0.804 e. The van der Waals surface area contributed by atoms with Crippen molar-refractivity contribution in [1.29, 1.82) is 0 Å². The third-order valence-corrected chi connectivity index (χ3v) is 2.68. The van der Waals surface area contributed by atoms with Gasteiger partial charge in [-0.1, -0.05) is 0 Å². The molecule has 0 aliphatic heterocycles. The standard InChI is InChI=1S/C8H10O3P/c9-12(10-7-3-1-4-7)11-8-5-2-6-8/h3,5H,1-2,4,6H2/q+1. The second kappa shape index (κ2) is 3.28. The van der Waals surface area contributed by atoms with Crippen molar-refractivity contribution in [2.75, 3.05) is 0 Å². The van der Waals surface area contributed by atoms with Gasteiger partial charge < -0.3 is 0 Å². The molecule has 0 saturated heterocycles. The molecule has 0 saturated carbocycles. The average molecular weight is 185 g/mol. The smallest absolute Gasteiger partial charge is 0.227 e. The first-order valence-electron chi connectivity index (χ1n) is 4.06. The molecule has 0 heterocycles. The van der Waals surface area contributed by atoms with Gasteiger partial charge in [-0.25, -0.2) is 9.05 Å². The van der Waals surface area contributed by atoms with Crippen LogP contribution in [0.4, 0.5) is 0 Å². The van der Waals surface area contributed by atoms with Gasteiger partial charge in [-0.15, -0.1) is 0 Å². The highest BCUT2D eigenvalue weighted by Gasteiger charge is 2.29. The molecule has 64 valence electrons. The molecule has 0 atom stereocenters. The first-order valence-corrected chi connectivity index (χ1v) is 5.15. The quantitative estimate of drug-likeness (QED) is 0.631. The monoisotopic (exact) mass is 185 g/mol. The maximum Gasteiger partial charge on any atom is 0.804 e. The molecule has 0 aromatic rings. The van der Waals surface area contributed by atoms with Gasteiger partial charge in [-0.05, 0) is 25.0 Å². The highest BCUT2D eigenvalue weighted by atomic mass is 31.1. The van der Waals surface area contributed by atoms with Crippen LogP contribution in [0, 0.1) is 0 Å². The van der Waals surface area contributed by atoms with E-state index >= 15 is 0 Å². The summed E-state index contributed by atoms with van der Waals surface area (Å²) in [7, 11) is -1.96. The Labute approximate surface area is 72.0 Å². The van der Waals surface area contributed by atoms with Crippen molar-refractivity contribution in [1.82, 2.24) is 0 Å². The molecule has 0 fully saturated rings. The van der Waals surface area contributed by atoms with Crippen molar-refractivity contribution in [2.45, 2.75) is 25.7 Å². The molecule has 0 spiro atoms. The summed E-state index contributed by atoms with van der Waals surface area (Å²) in [6.07, 6.45) is 7.69. The summed E-state index contributed by atoms with van der Waals surface area (Å²) in [6.45, 7) is 0. The molecule has 0 unspecified atom stereocenters. The fraction of sp³-hybridized carbons (Fsp3) is 0.500. The summed E-state index contributed by atoms with van der Waals surface area (Å²) >= 11 is 0. The minimum Gasteiger partial charge on any atom is -0.227 e. The van der Waals surface area contributed by atoms with Crippen LogP contribution >= 0.6 is 8.25 Å². The topological polar surface area (TPSA) is 35.5 Å². The lowest BCUT2D eigenvalue weighted by atomic mass is 10.1. The molecule has 4 heteroatoms. The summed E-state index contributed by atoms with van der Waals surface area (Å²) < 4.78 is 21.1. The second-order valence-corrected chi connectivity index (χ2v) is 3.64. The van der Waals surface area contributed by atoms with E-state index in [9.17, 15) is 4.57 Å². The summed E-state index contributed by atoms with van der Waals surface area (Å²) in [4.78, 5) is 0. The van der Waals surface area contributed by atoms with E-state index in [1.165, 1.54) is 0 Å². The second-order valence-electron chi connectivity index (χ2n) is 2.82. The fourth-order valence-corrected chi connectivity index (χ4v) is 1.65. The van der Waals surface area contributed by atoms with Gasteiger partial charge >= 0.3 is 8.25 Å². The number of allylic oxidation sites excluding steroid dienone is 4. The molecular weight excluding hydrogens is 175 g/mol. The third kappa shape index (κ3) is 1.67. The Morgan fingerprint density at radius 2 is 1.50 bits per heavy atom. The molecule has 2 aliphatic carbocycles. The van der Waals surface area contributed by atoms with E-state index in [0.717, 1.165) is 37.2 Å². The molecule has 0 N–H and O–H groups in total. The van der Waals surface area contributed by atoms with Crippen molar-refractivity contribution >= 4 is 8.25 Å². The number of hydrogen-bond acceptors (Lipinski definition) is 3. The Hall–Kier alpha value is -0.820. The average Bonchev–Trinajstić information content (AvgIpc) is 1.89. The van der Waals surface area contributed by atoms with Crippen LogP contribution in [0.25, 0.3) is 0 Å². The Morgan fingerprint density at radius 3 is 1.75 bits per heavy atom. The minimum atomic E-state index is -1.96. The van der Waals surface area contributed by atoms with E-state index < -0.39 is 8.25 Å². The minimum absolute atomic E-state index is 0.802. The lowest BCUT2D eigenvalue weighted by Gasteiger charge is -2.08. The van der Waals surface area contributed by atoms with Crippen LogP contribution in [0.3, 0.4) is 0 Å². The van der Waals surface area contributed by atoms with Crippen molar-refractivity contribution in [3.8, 4) is 0 Å². The third-order valence-electron chi connectivity index (χ3n) is 1.91. The van der Waals surface area contributed by atoms with Crippen LogP contribution in [-0.2, 0) is 13.6 Å². The van der Waals surface area contributed by atoms with E-state index in [1.807, 2.05) is 12.2 Å². The summed E-state index contributed by atoms with van der Waals surface area (Å²) in [5.74, 6) is 1.60. The molecule has 0 bridgehead atoms. The van der Waals surface area contributed by atoms with E-state index in [0.29, 0.717) is 0 Å². The first-order chi connectivity index (χ1) is 5.84. The predicted molar refractivity (Wildman–Crippen MR) is 44.4 cm³/mol. The SMILES string of the molecule is O=[P+](OC1=CCC1)OC1=CCC1. The van der Waals surface area contributed by atoms with Gasteiger partial charge in [-0.3, -0.25) is 0 Å².